The van der Waals surface area contributed by atoms with Crippen LogP contribution in [0.15, 0.2) is 70.5 Å². The molecule has 1 atom stereocenters. The van der Waals surface area contributed by atoms with Crippen LogP contribution < -0.4 is 10.7 Å². The Morgan fingerprint density at radius 3 is 2.00 bits per heavy atom. The Labute approximate surface area is 199 Å². The molecule has 1 heterocycles. The van der Waals surface area contributed by atoms with E-state index in [2.05, 4.69) is 5.10 Å². The van der Waals surface area contributed by atoms with Crippen molar-refractivity contribution in [1.82, 2.24) is 9.78 Å². The summed E-state index contributed by atoms with van der Waals surface area (Å²) in [6, 6.07) is 9.28. The van der Waals surface area contributed by atoms with Crippen LogP contribution in [0.4, 0.5) is 26.3 Å². The van der Waals surface area contributed by atoms with Crippen molar-refractivity contribution >= 4 is 10.0 Å². The molecule has 4 aromatic rings. The Morgan fingerprint density at radius 1 is 0.833 bits per heavy atom. The molecular weight excluding hydrogens is 512 g/mol. The van der Waals surface area contributed by atoms with Crippen LogP contribution in [0.25, 0.3) is 22.3 Å². The number of hydrogen-bond donors (Lipinski definition) is 1. The van der Waals surface area contributed by atoms with Gasteiger partial charge in [-0.1, -0.05) is 24.3 Å². The molecule has 2 N–H and O–H groups in total. The van der Waals surface area contributed by atoms with E-state index in [1.54, 1.807) is 0 Å². The summed E-state index contributed by atoms with van der Waals surface area (Å²) >= 11 is 0. The highest BCUT2D eigenvalue weighted by molar-refractivity contribution is 7.89. The fourth-order valence-corrected chi connectivity index (χ4v) is 3.98. The molecule has 4 rings (SSSR count). The first kappa shape index (κ1) is 25.1. The molecule has 1 aromatic heterocycles. The van der Waals surface area contributed by atoms with E-state index in [0.717, 1.165) is 30.5 Å². The van der Waals surface area contributed by atoms with Gasteiger partial charge in [-0.25, -0.2) is 39.9 Å². The highest BCUT2D eigenvalue weighted by Crippen LogP contribution is 2.32. The summed E-state index contributed by atoms with van der Waals surface area (Å²) in [5.74, 6) is -9.03. The summed E-state index contributed by atoms with van der Waals surface area (Å²) in [5, 5.41) is 8.71. The van der Waals surface area contributed by atoms with Crippen LogP contribution in [-0.2, 0) is 10.0 Å². The molecule has 36 heavy (non-hydrogen) atoms. The first-order valence-electron chi connectivity index (χ1n) is 9.88. The number of alkyl halides is 1. The molecule has 186 valence electrons. The number of rotatable bonds is 5. The molecule has 0 bridgehead atoms. The third kappa shape index (κ3) is 4.50. The van der Waals surface area contributed by atoms with Crippen molar-refractivity contribution in [2.75, 3.05) is 0 Å². The first-order chi connectivity index (χ1) is 16.9. The predicted octanol–water partition coefficient (Wildman–Crippen LogP) is 4.44. The molecule has 0 saturated heterocycles. The number of primary sulfonamides is 1. The number of sulfonamides is 1. The standard InChI is InChI=1S/C23H13F6N3O3S/c24-13-5-1-12(2-6-13)18-16(11-3-7-14(8-4-11)36(30,34)35)10-31-32(23(18)33)22(29)15-9-17(25)20(27)21(28)19(15)26/h1-10,22H,(H2,30,34,35). The number of benzene rings is 3. The van der Waals surface area contributed by atoms with Crippen molar-refractivity contribution in [2.45, 2.75) is 11.2 Å². The highest BCUT2D eigenvalue weighted by atomic mass is 32.2. The van der Waals surface area contributed by atoms with Gasteiger partial charge < -0.3 is 0 Å². The fourth-order valence-electron chi connectivity index (χ4n) is 3.46. The Bertz CT molecular complexity index is 1640. The summed E-state index contributed by atoms with van der Waals surface area (Å²) < 4.78 is 107. The van der Waals surface area contributed by atoms with Crippen LogP contribution in [0.1, 0.15) is 11.9 Å². The zero-order valence-corrected chi connectivity index (χ0v) is 18.5. The van der Waals surface area contributed by atoms with Gasteiger partial charge >= 0.3 is 0 Å². The van der Waals surface area contributed by atoms with Crippen molar-refractivity contribution in [3.63, 3.8) is 0 Å². The first-order valence-corrected chi connectivity index (χ1v) is 11.4. The van der Waals surface area contributed by atoms with E-state index in [9.17, 15) is 35.2 Å². The summed E-state index contributed by atoms with van der Waals surface area (Å²) in [7, 11) is -4.04. The molecule has 0 aliphatic carbocycles. The molecular formula is C23H13F6N3O3S. The van der Waals surface area contributed by atoms with E-state index in [1.807, 2.05) is 0 Å². The molecule has 0 saturated carbocycles. The van der Waals surface area contributed by atoms with E-state index in [4.69, 9.17) is 5.14 Å². The molecule has 0 aliphatic rings. The summed E-state index contributed by atoms with van der Waals surface area (Å²) in [6.07, 6.45) is -1.91. The van der Waals surface area contributed by atoms with Crippen LogP contribution in [0.3, 0.4) is 0 Å². The van der Waals surface area contributed by atoms with Crippen molar-refractivity contribution in [1.29, 1.82) is 0 Å². The monoisotopic (exact) mass is 525 g/mol. The zero-order chi connectivity index (χ0) is 26.4. The molecule has 0 amide bonds. The lowest BCUT2D eigenvalue weighted by Gasteiger charge is -2.16. The minimum Gasteiger partial charge on any atom is -0.267 e. The van der Waals surface area contributed by atoms with Crippen molar-refractivity contribution in [3.05, 3.63) is 106 Å². The SMILES string of the molecule is NS(=O)(=O)c1ccc(-c2cnn(C(F)c3cc(F)c(F)c(F)c3F)c(=O)c2-c2ccc(F)cc2)cc1. The maximum Gasteiger partial charge on any atom is 0.278 e. The largest absolute Gasteiger partial charge is 0.278 e. The average Bonchev–Trinajstić information content (AvgIpc) is 2.84. The van der Waals surface area contributed by atoms with Crippen LogP contribution >= 0.6 is 0 Å². The molecule has 0 spiro atoms. The molecule has 1 unspecified atom stereocenters. The Balaban J connectivity index is 1.94. The molecule has 0 aliphatic heterocycles. The predicted molar refractivity (Wildman–Crippen MR) is 116 cm³/mol. The second-order valence-electron chi connectivity index (χ2n) is 7.48. The molecule has 0 fully saturated rings. The van der Waals surface area contributed by atoms with Gasteiger partial charge in [0.25, 0.3) is 5.56 Å². The Hall–Kier alpha value is -3.97. The van der Waals surface area contributed by atoms with Gasteiger partial charge in [0.1, 0.15) is 5.82 Å². The normalized spacial score (nSPS) is 12.5. The lowest BCUT2D eigenvalue weighted by atomic mass is 9.97. The van der Waals surface area contributed by atoms with Crippen LogP contribution in [0.5, 0.6) is 0 Å². The number of nitrogens with zero attached hydrogens (tertiary/aromatic N) is 2. The van der Waals surface area contributed by atoms with E-state index < -0.39 is 56.5 Å². The zero-order valence-electron chi connectivity index (χ0n) is 17.7. The van der Waals surface area contributed by atoms with Gasteiger partial charge in [-0.15, -0.1) is 0 Å². The average molecular weight is 525 g/mol. The van der Waals surface area contributed by atoms with Crippen LogP contribution in [0.2, 0.25) is 0 Å². The lowest BCUT2D eigenvalue weighted by molar-refractivity contribution is 0.248. The number of halogens is 6. The minimum atomic E-state index is -4.04. The quantitative estimate of drug-likeness (QED) is 0.237. The van der Waals surface area contributed by atoms with Crippen molar-refractivity contribution < 1.29 is 34.8 Å². The summed E-state index contributed by atoms with van der Waals surface area (Å²) in [5.41, 5.74) is -2.50. The molecule has 3 aromatic carbocycles. The van der Waals surface area contributed by atoms with Crippen LogP contribution in [0, 0.1) is 29.1 Å². The van der Waals surface area contributed by atoms with E-state index in [0.29, 0.717) is 0 Å². The van der Waals surface area contributed by atoms with E-state index in [1.165, 1.54) is 24.3 Å². The van der Waals surface area contributed by atoms with E-state index in [-0.39, 0.29) is 37.9 Å². The number of hydrogen-bond acceptors (Lipinski definition) is 4. The highest BCUT2D eigenvalue weighted by Gasteiger charge is 2.28. The summed E-state index contributed by atoms with van der Waals surface area (Å²) in [6.45, 7) is 0. The molecule has 13 heteroatoms. The second kappa shape index (κ2) is 9.24. The van der Waals surface area contributed by atoms with E-state index >= 15 is 4.39 Å². The van der Waals surface area contributed by atoms with Crippen molar-refractivity contribution in [3.8, 4) is 22.3 Å². The third-order valence-electron chi connectivity index (χ3n) is 5.23. The third-order valence-corrected chi connectivity index (χ3v) is 6.16. The fraction of sp³-hybridized carbons (Fsp3) is 0.0435. The lowest BCUT2D eigenvalue weighted by Crippen LogP contribution is -2.28. The molecule has 0 radical (unpaired) electrons. The van der Waals surface area contributed by atoms with Crippen molar-refractivity contribution in [2.24, 2.45) is 5.14 Å². The van der Waals surface area contributed by atoms with Gasteiger partial charge in [-0.3, -0.25) is 4.79 Å². The number of nitrogens with two attached hydrogens (primary N) is 1. The Kier molecular flexibility index (Phi) is 6.45. The Morgan fingerprint density at radius 2 is 1.42 bits per heavy atom. The van der Waals surface area contributed by atoms with Gasteiger partial charge in [-0.2, -0.15) is 9.78 Å². The second-order valence-corrected chi connectivity index (χ2v) is 9.05. The minimum absolute atomic E-state index is 0.0352. The van der Waals surface area contributed by atoms with Gasteiger partial charge in [-0.05, 0) is 41.5 Å². The van der Waals surface area contributed by atoms with Gasteiger partial charge in [0.15, 0.2) is 23.3 Å². The molecule has 6 nitrogen and oxygen atoms in total. The number of aromatic nitrogens is 2. The van der Waals surface area contributed by atoms with Crippen LogP contribution in [-0.4, -0.2) is 18.2 Å². The van der Waals surface area contributed by atoms with Gasteiger partial charge in [0.05, 0.1) is 22.2 Å². The topological polar surface area (TPSA) is 95.1 Å². The van der Waals surface area contributed by atoms with Gasteiger partial charge in [0.2, 0.25) is 16.3 Å². The summed E-state index contributed by atoms with van der Waals surface area (Å²) in [4.78, 5) is 13.1. The smallest absolute Gasteiger partial charge is 0.267 e. The maximum absolute atomic E-state index is 15.2. The van der Waals surface area contributed by atoms with Gasteiger partial charge in [0, 0.05) is 5.56 Å². The maximum atomic E-state index is 15.2.